The van der Waals surface area contributed by atoms with Gasteiger partial charge in [-0.25, -0.2) is 0 Å². The van der Waals surface area contributed by atoms with E-state index in [1.165, 1.54) is 4.70 Å². The average molecular weight is 402 g/mol. The van der Waals surface area contributed by atoms with Crippen LogP contribution in [0.4, 0.5) is 0 Å². The summed E-state index contributed by atoms with van der Waals surface area (Å²) in [6, 6.07) is 19.3. The number of hydrogen-bond acceptors (Lipinski definition) is 2. The van der Waals surface area contributed by atoms with E-state index in [4.69, 9.17) is 0 Å². The van der Waals surface area contributed by atoms with Crippen molar-refractivity contribution in [3.05, 3.63) is 54.6 Å². The van der Waals surface area contributed by atoms with Crippen molar-refractivity contribution in [3.8, 4) is 10.6 Å². The molecule has 3 rings (SSSR count). The molecule has 0 spiro atoms. The van der Waals surface area contributed by atoms with E-state index < -0.39 is 0 Å². The molecule has 1 heterocycles. The van der Waals surface area contributed by atoms with E-state index in [9.17, 15) is 0 Å². The average Bonchev–Trinajstić information content (AvgIpc) is 2.74. The standard InChI is InChI=1S/C13H8NS.Ir/c1-2-6-10(7-3-1)13-14-11-8-4-5-9-12(11)15-13;/h1-6,8-9H;/q-1;. The SMILES string of the molecule is [Ir].[c-]1ccccc1-c1nc2ccccc2s1. The molecule has 0 aliphatic heterocycles. The van der Waals surface area contributed by atoms with Gasteiger partial charge in [-0.3, -0.25) is 4.98 Å². The normalized spacial score (nSPS) is 10.0. The third-order valence-electron chi connectivity index (χ3n) is 2.23. The molecule has 0 saturated heterocycles. The summed E-state index contributed by atoms with van der Waals surface area (Å²) < 4.78 is 1.23. The van der Waals surface area contributed by atoms with Crippen molar-refractivity contribution in [2.45, 2.75) is 0 Å². The number of rotatable bonds is 1. The largest absolute Gasteiger partial charge is 0.285 e. The molecule has 0 bridgehead atoms. The van der Waals surface area contributed by atoms with Crippen LogP contribution in [0.3, 0.4) is 0 Å². The number of fused-ring (bicyclic) bond motifs is 1. The van der Waals surface area contributed by atoms with Crippen molar-refractivity contribution in [2.24, 2.45) is 0 Å². The monoisotopic (exact) mass is 403 g/mol. The van der Waals surface area contributed by atoms with Crippen LogP contribution in [0, 0.1) is 6.07 Å². The first-order valence-electron chi connectivity index (χ1n) is 4.76. The third-order valence-corrected chi connectivity index (χ3v) is 3.30. The van der Waals surface area contributed by atoms with Gasteiger partial charge in [-0.15, -0.1) is 35.9 Å². The van der Waals surface area contributed by atoms with Crippen molar-refractivity contribution in [1.29, 1.82) is 0 Å². The van der Waals surface area contributed by atoms with E-state index in [2.05, 4.69) is 17.1 Å². The molecule has 0 unspecified atom stereocenters. The molecule has 3 aromatic rings. The van der Waals surface area contributed by atoms with Crippen LogP contribution in [0.1, 0.15) is 0 Å². The minimum atomic E-state index is 0. The molecule has 0 aliphatic carbocycles. The number of thiazole rings is 1. The van der Waals surface area contributed by atoms with E-state index in [1.54, 1.807) is 11.3 Å². The van der Waals surface area contributed by atoms with Gasteiger partial charge in [0.25, 0.3) is 0 Å². The Balaban J connectivity index is 0.000000963. The summed E-state index contributed by atoms with van der Waals surface area (Å²) in [5, 5.41) is 1.04. The summed E-state index contributed by atoms with van der Waals surface area (Å²) in [5.74, 6) is 0. The van der Waals surface area contributed by atoms with Gasteiger partial charge in [-0.1, -0.05) is 12.1 Å². The first-order chi connectivity index (χ1) is 7.43. The molecule has 3 heteroatoms. The van der Waals surface area contributed by atoms with Crippen LogP contribution < -0.4 is 0 Å². The molecule has 0 aliphatic rings. The molecule has 0 atom stereocenters. The van der Waals surface area contributed by atoms with Gasteiger partial charge in [0.1, 0.15) is 0 Å². The summed E-state index contributed by atoms with van der Waals surface area (Å²) in [6.07, 6.45) is 0. The molecule has 16 heavy (non-hydrogen) atoms. The van der Waals surface area contributed by atoms with Crippen LogP contribution in [-0.4, -0.2) is 4.98 Å². The molecular weight excluding hydrogens is 394 g/mol. The summed E-state index contributed by atoms with van der Waals surface area (Å²) in [6.45, 7) is 0. The third kappa shape index (κ3) is 2.07. The molecule has 2 aromatic carbocycles. The minimum Gasteiger partial charge on any atom is -0.285 e. The molecular formula is C13H8IrNS-. The van der Waals surface area contributed by atoms with Crippen LogP contribution in [0.2, 0.25) is 0 Å². The predicted octanol–water partition coefficient (Wildman–Crippen LogP) is 3.76. The van der Waals surface area contributed by atoms with Crippen molar-refractivity contribution < 1.29 is 20.1 Å². The second-order valence-corrected chi connectivity index (χ2v) is 4.29. The van der Waals surface area contributed by atoms with E-state index in [0.29, 0.717) is 0 Å². The summed E-state index contributed by atoms with van der Waals surface area (Å²) in [7, 11) is 0. The van der Waals surface area contributed by atoms with Crippen LogP contribution in [0.5, 0.6) is 0 Å². The fourth-order valence-corrected chi connectivity index (χ4v) is 2.47. The Kier molecular flexibility index (Phi) is 3.49. The van der Waals surface area contributed by atoms with Crippen molar-refractivity contribution >= 4 is 21.6 Å². The van der Waals surface area contributed by atoms with Crippen molar-refractivity contribution in [3.63, 3.8) is 0 Å². The van der Waals surface area contributed by atoms with E-state index in [-0.39, 0.29) is 20.1 Å². The van der Waals surface area contributed by atoms with Gasteiger partial charge < -0.3 is 0 Å². The van der Waals surface area contributed by atoms with Gasteiger partial charge in [0.05, 0.1) is 5.52 Å². The van der Waals surface area contributed by atoms with E-state index in [0.717, 1.165) is 16.1 Å². The van der Waals surface area contributed by atoms with E-state index >= 15 is 0 Å². The quantitative estimate of drug-likeness (QED) is 0.565. The molecule has 0 N–H and O–H groups in total. The van der Waals surface area contributed by atoms with Gasteiger partial charge in [-0.2, -0.15) is 11.3 Å². The Morgan fingerprint density at radius 3 is 2.56 bits per heavy atom. The summed E-state index contributed by atoms with van der Waals surface area (Å²) in [5.41, 5.74) is 2.13. The first-order valence-corrected chi connectivity index (χ1v) is 5.58. The molecule has 0 saturated carbocycles. The van der Waals surface area contributed by atoms with E-state index in [1.807, 2.05) is 42.5 Å². The van der Waals surface area contributed by atoms with Gasteiger partial charge in [0, 0.05) is 29.8 Å². The molecule has 1 nitrogen and oxygen atoms in total. The fourth-order valence-electron chi connectivity index (χ4n) is 1.51. The second kappa shape index (κ2) is 4.87. The smallest absolute Gasteiger partial charge is 0.0697 e. The van der Waals surface area contributed by atoms with Gasteiger partial charge in [-0.05, 0) is 12.1 Å². The Morgan fingerprint density at radius 1 is 1.00 bits per heavy atom. The summed E-state index contributed by atoms with van der Waals surface area (Å²) in [4.78, 5) is 4.57. The summed E-state index contributed by atoms with van der Waals surface area (Å²) >= 11 is 1.71. The number of benzene rings is 2. The van der Waals surface area contributed by atoms with Crippen LogP contribution >= 0.6 is 11.3 Å². The predicted molar refractivity (Wildman–Crippen MR) is 63.9 cm³/mol. The number of para-hydroxylation sites is 1. The minimum absolute atomic E-state index is 0. The molecule has 0 fully saturated rings. The maximum Gasteiger partial charge on any atom is 0.0697 e. The van der Waals surface area contributed by atoms with Crippen molar-refractivity contribution in [2.75, 3.05) is 0 Å². The molecule has 81 valence electrons. The first kappa shape index (κ1) is 11.5. The zero-order valence-electron chi connectivity index (χ0n) is 8.31. The Bertz CT molecular complexity index is 556. The Labute approximate surface area is 112 Å². The second-order valence-electron chi connectivity index (χ2n) is 3.26. The topological polar surface area (TPSA) is 12.9 Å². The van der Waals surface area contributed by atoms with Crippen LogP contribution in [0.15, 0.2) is 48.5 Å². The number of aromatic nitrogens is 1. The molecule has 0 amide bonds. The van der Waals surface area contributed by atoms with Crippen molar-refractivity contribution in [1.82, 2.24) is 4.98 Å². The zero-order chi connectivity index (χ0) is 10.1. The zero-order valence-corrected chi connectivity index (χ0v) is 11.5. The molecule has 1 radical (unpaired) electrons. The van der Waals surface area contributed by atoms with Gasteiger partial charge in [0.15, 0.2) is 0 Å². The number of nitrogens with zero attached hydrogens (tertiary/aromatic N) is 1. The van der Waals surface area contributed by atoms with Crippen LogP contribution in [0.25, 0.3) is 20.8 Å². The Hall–Kier alpha value is -1.02. The van der Waals surface area contributed by atoms with Gasteiger partial charge >= 0.3 is 0 Å². The fraction of sp³-hybridized carbons (Fsp3) is 0. The number of hydrogen-bond donors (Lipinski definition) is 0. The maximum absolute atomic E-state index is 4.57. The molecule has 1 aromatic heterocycles. The van der Waals surface area contributed by atoms with Gasteiger partial charge in [0.2, 0.25) is 0 Å². The Morgan fingerprint density at radius 2 is 1.81 bits per heavy atom. The maximum atomic E-state index is 4.57. The van der Waals surface area contributed by atoms with Crippen LogP contribution in [-0.2, 0) is 20.1 Å².